The Labute approximate surface area is 146 Å². The number of nitrogens with one attached hydrogen (secondary N) is 1. The summed E-state index contributed by atoms with van der Waals surface area (Å²) in [5.74, 6) is 0. The van der Waals surface area contributed by atoms with E-state index in [4.69, 9.17) is 5.73 Å². The standard InChI is InChI=1S/C17H21BrN2O2S/c18-15-7-11-17(12-8-15)23(21,22)20-16-9-5-14(6-10-16)4-2-1-3-13-19/h5-12,20H,1-4,13,19H2. The maximum absolute atomic E-state index is 12.3. The Morgan fingerprint density at radius 2 is 1.57 bits per heavy atom. The first-order valence-electron chi connectivity index (χ1n) is 7.59. The molecule has 124 valence electrons. The van der Waals surface area contributed by atoms with Crippen molar-refractivity contribution in [2.45, 2.75) is 30.6 Å². The highest BCUT2D eigenvalue weighted by atomic mass is 79.9. The smallest absolute Gasteiger partial charge is 0.261 e. The summed E-state index contributed by atoms with van der Waals surface area (Å²) in [6.45, 7) is 0.733. The Balaban J connectivity index is 1.98. The van der Waals surface area contributed by atoms with Crippen LogP contribution >= 0.6 is 15.9 Å². The lowest BCUT2D eigenvalue weighted by Gasteiger charge is -2.09. The molecule has 0 aromatic heterocycles. The van der Waals surface area contributed by atoms with Crippen LogP contribution < -0.4 is 10.5 Å². The number of benzene rings is 2. The molecule has 0 aliphatic rings. The number of rotatable bonds is 8. The minimum absolute atomic E-state index is 0.242. The molecule has 23 heavy (non-hydrogen) atoms. The van der Waals surface area contributed by atoms with Gasteiger partial charge in [-0.2, -0.15) is 0 Å². The molecule has 0 amide bonds. The molecule has 2 aromatic carbocycles. The van der Waals surface area contributed by atoms with Crippen molar-refractivity contribution in [3.05, 3.63) is 58.6 Å². The Hall–Kier alpha value is -1.37. The predicted molar refractivity (Wildman–Crippen MR) is 98.0 cm³/mol. The Morgan fingerprint density at radius 3 is 2.17 bits per heavy atom. The predicted octanol–water partition coefficient (Wildman–Crippen LogP) is 3.92. The van der Waals surface area contributed by atoms with Crippen molar-refractivity contribution in [1.29, 1.82) is 0 Å². The van der Waals surface area contributed by atoms with Crippen LogP contribution in [0, 0.1) is 0 Å². The van der Waals surface area contributed by atoms with Crippen LogP contribution in [0.2, 0.25) is 0 Å². The lowest BCUT2D eigenvalue weighted by Crippen LogP contribution is -2.12. The van der Waals surface area contributed by atoms with E-state index in [0.29, 0.717) is 5.69 Å². The Kier molecular flexibility index (Phi) is 6.62. The molecule has 0 unspecified atom stereocenters. The van der Waals surface area contributed by atoms with E-state index >= 15 is 0 Å². The van der Waals surface area contributed by atoms with Gasteiger partial charge in [0.2, 0.25) is 0 Å². The molecule has 0 heterocycles. The van der Waals surface area contributed by atoms with Crippen molar-refractivity contribution in [1.82, 2.24) is 0 Å². The third kappa shape index (κ3) is 5.64. The zero-order chi connectivity index (χ0) is 16.7. The van der Waals surface area contributed by atoms with Crippen LogP contribution in [0.5, 0.6) is 0 Å². The number of anilines is 1. The molecule has 6 heteroatoms. The first kappa shape index (κ1) is 18.0. The van der Waals surface area contributed by atoms with Gasteiger partial charge in [0.1, 0.15) is 0 Å². The van der Waals surface area contributed by atoms with Gasteiger partial charge in [-0.3, -0.25) is 4.72 Å². The fourth-order valence-electron chi connectivity index (χ4n) is 2.22. The second-order valence-electron chi connectivity index (χ2n) is 5.36. The van der Waals surface area contributed by atoms with Crippen molar-refractivity contribution >= 4 is 31.6 Å². The minimum atomic E-state index is -3.55. The summed E-state index contributed by atoms with van der Waals surface area (Å²) < 4.78 is 28.0. The molecule has 0 fully saturated rings. The van der Waals surface area contributed by atoms with Gasteiger partial charge in [-0.05, 0) is 67.8 Å². The molecule has 0 saturated heterocycles. The van der Waals surface area contributed by atoms with Crippen LogP contribution in [0.1, 0.15) is 24.8 Å². The quantitative estimate of drug-likeness (QED) is 0.664. The summed E-state index contributed by atoms with van der Waals surface area (Å²) in [4.78, 5) is 0.242. The molecule has 0 bridgehead atoms. The number of unbranched alkanes of at least 4 members (excludes halogenated alkanes) is 2. The Morgan fingerprint density at radius 1 is 0.913 bits per heavy atom. The molecule has 0 saturated carbocycles. The summed E-state index contributed by atoms with van der Waals surface area (Å²) >= 11 is 3.30. The van der Waals surface area contributed by atoms with E-state index < -0.39 is 10.0 Å². The van der Waals surface area contributed by atoms with Crippen molar-refractivity contribution in [3.63, 3.8) is 0 Å². The normalized spacial score (nSPS) is 11.4. The molecule has 0 aliphatic carbocycles. The number of halogens is 1. The molecular weight excluding hydrogens is 376 g/mol. The average molecular weight is 397 g/mol. The second kappa shape index (κ2) is 8.47. The third-order valence-corrected chi connectivity index (χ3v) is 5.43. The van der Waals surface area contributed by atoms with Crippen LogP contribution in [-0.4, -0.2) is 15.0 Å². The minimum Gasteiger partial charge on any atom is -0.330 e. The molecule has 0 aliphatic heterocycles. The summed E-state index contributed by atoms with van der Waals surface area (Å²) in [5, 5.41) is 0. The van der Waals surface area contributed by atoms with Gasteiger partial charge < -0.3 is 5.73 Å². The van der Waals surface area contributed by atoms with E-state index in [9.17, 15) is 8.42 Å². The summed E-state index contributed by atoms with van der Waals surface area (Å²) in [6.07, 6.45) is 4.25. The first-order chi connectivity index (χ1) is 11.0. The molecule has 0 spiro atoms. The van der Waals surface area contributed by atoms with Gasteiger partial charge in [-0.15, -0.1) is 0 Å². The van der Waals surface area contributed by atoms with E-state index in [2.05, 4.69) is 20.7 Å². The summed E-state index contributed by atoms with van der Waals surface area (Å²) in [7, 11) is -3.55. The van der Waals surface area contributed by atoms with Gasteiger partial charge in [0.25, 0.3) is 10.0 Å². The molecule has 3 N–H and O–H groups in total. The topological polar surface area (TPSA) is 72.2 Å². The SMILES string of the molecule is NCCCCCc1ccc(NS(=O)(=O)c2ccc(Br)cc2)cc1. The number of aryl methyl sites for hydroxylation is 1. The van der Waals surface area contributed by atoms with Gasteiger partial charge in [0, 0.05) is 10.2 Å². The average Bonchev–Trinajstić information content (AvgIpc) is 2.53. The third-order valence-electron chi connectivity index (χ3n) is 3.50. The van der Waals surface area contributed by atoms with E-state index in [1.54, 1.807) is 36.4 Å². The maximum Gasteiger partial charge on any atom is 0.261 e. The fourth-order valence-corrected chi connectivity index (χ4v) is 3.54. The van der Waals surface area contributed by atoms with Crippen LogP contribution in [0.25, 0.3) is 0 Å². The number of hydrogen-bond donors (Lipinski definition) is 2. The van der Waals surface area contributed by atoms with Crippen molar-refractivity contribution < 1.29 is 8.42 Å². The van der Waals surface area contributed by atoms with Gasteiger partial charge in [-0.25, -0.2) is 8.42 Å². The molecular formula is C17H21BrN2O2S. The summed E-state index contributed by atoms with van der Waals surface area (Å²) in [6, 6.07) is 14.1. The number of hydrogen-bond acceptors (Lipinski definition) is 3. The first-order valence-corrected chi connectivity index (χ1v) is 9.86. The van der Waals surface area contributed by atoms with Gasteiger partial charge in [0.05, 0.1) is 4.90 Å². The Bertz CT molecular complexity index is 713. The molecule has 2 aromatic rings. The lowest BCUT2D eigenvalue weighted by atomic mass is 10.1. The van der Waals surface area contributed by atoms with Gasteiger partial charge >= 0.3 is 0 Å². The summed E-state index contributed by atoms with van der Waals surface area (Å²) in [5.41, 5.74) is 7.25. The van der Waals surface area contributed by atoms with Crippen LogP contribution in [0.3, 0.4) is 0 Å². The number of sulfonamides is 1. The van der Waals surface area contributed by atoms with Crippen LogP contribution in [-0.2, 0) is 16.4 Å². The zero-order valence-corrected chi connectivity index (χ0v) is 15.2. The van der Waals surface area contributed by atoms with Crippen LogP contribution in [0.15, 0.2) is 57.9 Å². The van der Waals surface area contributed by atoms with Crippen molar-refractivity contribution in [2.75, 3.05) is 11.3 Å². The number of nitrogens with two attached hydrogens (primary N) is 1. The largest absolute Gasteiger partial charge is 0.330 e. The highest BCUT2D eigenvalue weighted by molar-refractivity contribution is 9.10. The van der Waals surface area contributed by atoms with Gasteiger partial charge in [0.15, 0.2) is 0 Å². The molecule has 0 atom stereocenters. The maximum atomic E-state index is 12.3. The highest BCUT2D eigenvalue weighted by Crippen LogP contribution is 2.19. The van der Waals surface area contributed by atoms with Gasteiger partial charge in [-0.1, -0.05) is 34.5 Å². The molecule has 4 nitrogen and oxygen atoms in total. The lowest BCUT2D eigenvalue weighted by molar-refractivity contribution is 0.601. The molecule has 0 radical (unpaired) electrons. The zero-order valence-electron chi connectivity index (χ0n) is 12.8. The van der Waals surface area contributed by atoms with E-state index in [-0.39, 0.29) is 4.90 Å². The van der Waals surface area contributed by atoms with E-state index in [0.717, 1.165) is 36.7 Å². The monoisotopic (exact) mass is 396 g/mol. The van der Waals surface area contributed by atoms with E-state index in [1.165, 1.54) is 5.56 Å². The van der Waals surface area contributed by atoms with Crippen molar-refractivity contribution in [2.24, 2.45) is 5.73 Å². The van der Waals surface area contributed by atoms with Crippen LogP contribution in [0.4, 0.5) is 5.69 Å². The second-order valence-corrected chi connectivity index (χ2v) is 7.95. The van der Waals surface area contributed by atoms with Crippen molar-refractivity contribution in [3.8, 4) is 0 Å². The fraction of sp³-hybridized carbons (Fsp3) is 0.294. The highest BCUT2D eigenvalue weighted by Gasteiger charge is 2.13. The van der Waals surface area contributed by atoms with E-state index in [1.807, 2.05) is 12.1 Å². The molecule has 2 rings (SSSR count).